The number of aromatic nitrogens is 3. The van der Waals surface area contributed by atoms with Gasteiger partial charge in [0, 0.05) is 11.7 Å². The van der Waals surface area contributed by atoms with Crippen molar-refractivity contribution in [2.45, 2.75) is 26.8 Å². The van der Waals surface area contributed by atoms with Crippen molar-refractivity contribution in [2.24, 2.45) is 0 Å². The summed E-state index contributed by atoms with van der Waals surface area (Å²) in [4.78, 5) is 12.1. The molecule has 0 amide bonds. The fourth-order valence-electron chi connectivity index (χ4n) is 1.90. The molecule has 0 bridgehead atoms. The van der Waals surface area contributed by atoms with Crippen LogP contribution in [0.3, 0.4) is 0 Å². The molecule has 0 spiro atoms. The van der Waals surface area contributed by atoms with Crippen LogP contribution >= 0.6 is 0 Å². The molecule has 2 rings (SSSR count). The van der Waals surface area contributed by atoms with E-state index in [1.807, 2.05) is 26.8 Å². The second-order valence-corrected chi connectivity index (χ2v) is 3.95. The zero-order chi connectivity index (χ0) is 11.2. The summed E-state index contributed by atoms with van der Waals surface area (Å²) in [7, 11) is 0. The SMILES string of the molecule is Cc1cc2[nH]nc(N)c2c(=O)n1C(C)C. The molecule has 0 unspecified atom stereocenters. The Labute approximate surface area is 86.9 Å². The molecule has 0 aliphatic heterocycles. The molecule has 0 saturated heterocycles. The summed E-state index contributed by atoms with van der Waals surface area (Å²) in [6.45, 7) is 5.84. The largest absolute Gasteiger partial charge is 0.382 e. The van der Waals surface area contributed by atoms with Gasteiger partial charge in [-0.1, -0.05) is 0 Å². The Morgan fingerprint density at radius 3 is 2.80 bits per heavy atom. The second-order valence-electron chi connectivity index (χ2n) is 3.95. The molecular formula is C10H14N4O. The van der Waals surface area contributed by atoms with Crippen LogP contribution in [0, 0.1) is 6.92 Å². The van der Waals surface area contributed by atoms with Gasteiger partial charge in [-0.15, -0.1) is 0 Å². The van der Waals surface area contributed by atoms with E-state index in [0.717, 1.165) is 5.69 Å². The lowest BCUT2D eigenvalue weighted by molar-refractivity contribution is 0.567. The monoisotopic (exact) mass is 206 g/mol. The highest BCUT2D eigenvalue weighted by atomic mass is 16.1. The summed E-state index contributed by atoms with van der Waals surface area (Å²) >= 11 is 0. The van der Waals surface area contributed by atoms with Crippen molar-refractivity contribution in [1.82, 2.24) is 14.8 Å². The third-order valence-corrected chi connectivity index (χ3v) is 2.50. The van der Waals surface area contributed by atoms with Crippen molar-refractivity contribution < 1.29 is 0 Å². The number of nitrogens with zero attached hydrogens (tertiary/aromatic N) is 2. The average molecular weight is 206 g/mol. The molecule has 2 aromatic heterocycles. The number of aryl methyl sites for hydroxylation is 1. The summed E-state index contributed by atoms with van der Waals surface area (Å²) in [6.07, 6.45) is 0. The van der Waals surface area contributed by atoms with Gasteiger partial charge in [0.15, 0.2) is 5.82 Å². The van der Waals surface area contributed by atoms with Gasteiger partial charge in [0.1, 0.15) is 5.39 Å². The van der Waals surface area contributed by atoms with Crippen LogP contribution in [0.1, 0.15) is 25.6 Å². The molecule has 0 aliphatic rings. The van der Waals surface area contributed by atoms with Crippen LogP contribution in [-0.4, -0.2) is 14.8 Å². The second kappa shape index (κ2) is 3.12. The first-order chi connectivity index (χ1) is 7.02. The quantitative estimate of drug-likeness (QED) is 0.736. The summed E-state index contributed by atoms with van der Waals surface area (Å²) < 4.78 is 1.72. The van der Waals surface area contributed by atoms with Crippen molar-refractivity contribution in [1.29, 1.82) is 0 Å². The molecule has 0 saturated carbocycles. The van der Waals surface area contributed by atoms with E-state index in [1.165, 1.54) is 0 Å². The predicted molar refractivity (Wildman–Crippen MR) is 59.9 cm³/mol. The van der Waals surface area contributed by atoms with Gasteiger partial charge in [0.25, 0.3) is 5.56 Å². The van der Waals surface area contributed by atoms with Gasteiger partial charge in [-0.05, 0) is 26.8 Å². The standard InChI is InChI=1S/C10H14N4O/c1-5(2)14-6(3)4-7-8(10(14)15)9(11)13-12-7/h4-5H,1-3H3,(H3,11,12,13). The van der Waals surface area contributed by atoms with E-state index in [0.29, 0.717) is 10.9 Å². The minimum atomic E-state index is -0.0775. The summed E-state index contributed by atoms with van der Waals surface area (Å²) in [5, 5.41) is 7.07. The molecule has 0 atom stereocenters. The minimum Gasteiger partial charge on any atom is -0.382 e. The summed E-state index contributed by atoms with van der Waals surface area (Å²) in [5.41, 5.74) is 7.17. The smallest absolute Gasteiger partial charge is 0.264 e. The molecule has 15 heavy (non-hydrogen) atoms. The number of hydrogen-bond acceptors (Lipinski definition) is 3. The number of fused-ring (bicyclic) bond motifs is 1. The van der Waals surface area contributed by atoms with Crippen LogP contribution in [0.5, 0.6) is 0 Å². The molecule has 5 nitrogen and oxygen atoms in total. The van der Waals surface area contributed by atoms with E-state index < -0.39 is 0 Å². The summed E-state index contributed by atoms with van der Waals surface area (Å²) in [6, 6.07) is 2.01. The van der Waals surface area contributed by atoms with Gasteiger partial charge in [-0.2, -0.15) is 5.10 Å². The van der Waals surface area contributed by atoms with Crippen molar-refractivity contribution in [3.63, 3.8) is 0 Å². The topological polar surface area (TPSA) is 76.7 Å². The van der Waals surface area contributed by atoms with Crippen molar-refractivity contribution in [3.8, 4) is 0 Å². The Morgan fingerprint density at radius 2 is 2.20 bits per heavy atom. The number of aromatic amines is 1. The maximum Gasteiger partial charge on any atom is 0.264 e. The Balaban J connectivity index is 2.94. The van der Waals surface area contributed by atoms with Gasteiger partial charge in [0.2, 0.25) is 0 Å². The number of nitrogens with one attached hydrogen (secondary N) is 1. The maximum absolute atomic E-state index is 12.1. The van der Waals surface area contributed by atoms with Crippen LogP contribution in [0.4, 0.5) is 5.82 Å². The van der Waals surface area contributed by atoms with Crippen molar-refractivity contribution >= 4 is 16.7 Å². The third kappa shape index (κ3) is 1.31. The van der Waals surface area contributed by atoms with Gasteiger partial charge < -0.3 is 10.3 Å². The predicted octanol–water partition coefficient (Wildman–Crippen LogP) is 1.20. The molecule has 2 heterocycles. The first-order valence-corrected chi connectivity index (χ1v) is 4.88. The summed E-state index contributed by atoms with van der Waals surface area (Å²) in [5.74, 6) is 0.268. The van der Waals surface area contributed by atoms with Gasteiger partial charge in [-0.25, -0.2) is 0 Å². The lowest BCUT2D eigenvalue weighted by Gasteiger charge is -2.13. The highest BCUT2D eigenvalue weighted by Crippen LogP contribution is 2.16. The number of hydrogen-bond donors (Lipinski definition) is 2. The fraction of sp³-hybridized carbons (Fsp3) is 0.400. The van der Waals surface area contributed by atoms with Gasteiger partial charge in [0.05, 0.1) is 5.52 Å². The molecule has 0 aliphatic carbocycles. The molecule has 0 fully saturated rings. The molecule has 5 heteroatoms. The molecular weight excluding hydrogens is 192 g/mol. The Bertz CT molecular complexity index is 565. The van der Waals surface area contributed by atoms with Gasteiger partial charge in [-0.3, -0.25) is 9.89 Å². The van der Waals surface area contributed by atoms with E-state index in [9.17, 15) is 4.79 Å². The number of anilines is 1. The van der Waals surface area contributed by atoms with Gasteiger partial charge >= 0.3 is 0 Å². The lowest BCUT2D eigenvalue weighted by atomic mass is 10.2. The Hall–Kier alpha value is -1.78. The van der Waals surface area contributed by atoms with Crippen LogP contribution < -0.4 is 11.3 Å². The number of pyridine rings is 1. The van der Waals surface area contributed by atoms with Crippen molar-refractivity contribution in [3.05, 3.63) is 22.1 Å². The van der Waals surface area contributed by atoms with Crippen LogP contribution in [-0.2, 0) is 0 Å². The highest BCUT2D eigenvalue weighted by Gasteiger charge is 2.13. The normalized spacial score (nSPS) is 11.5. The Morgan fingerprint density at radius 1 is 1.53 bits per heavy atom. The zero-order valence-electron chi connectivity index (χ0n) is 9.03. The van der Waals surface area contributed by atoms with Crippen LogP contribution in [0.25, 0.3) is 10.9 Å². The number of H-pyrrole nitrogens is 1. The minimum absolute atomic E-state index is 0.0775. The molecule has 2 aromatic rings. The van der Waals surface area contributed by atoms with E-state index >= 15 is 0 Å². The van der Waals surface area contributed by atoms with E-state index in [4.69, 9.17) is 5.73 Å². The fourth-order valence-corrected chi connectivity index (χ4v) is 1.90. The van der Waals surface area contributed by atoms with Crippen LogP contribution in [0.2, 0.25) is 0 Å². The van der Waals surface area contributed by atoms with Crippen LogP contribution in [0.15, 0.2) is 10.9 Å². The van der Waals surface area contributed by atoms with Crippen molar-refractivity contribution in [2.75, 3.05) is 5.73 Å². The van der Waals surface area contributed by atoms with E-state index in [1.54, 1.807) is 4.57 Å². The average Bonchev–Trinajstić information content (AvgIpc) is 2.46. The first kappa shape index (κ1) is 9.76. The molecule has 0 radical (unpaired) electrons. The lowest BCUT2D eigenvalue weighted by Crippen LogP contribution is -2.24. The molecule has 3 N–H and O–H groups in total. The molecule has 80 valence electrons. The molecule has 0 aromatic carbocycles. The van der Waals surface area contributed by atoms with E-state index in [-0.39, 0.29) is 17.4 Å². The number of nitrogens with two attached hydrogens (primary N) is 1. The third-order valence-electron chi connectivity index (χ3n) is 2.50. The van der Waals surface area contributed by atoms with E-state index in [2.05, 4.69) is 10.2 Å². The maximum atomic E-state index is 12.1. The number of nitrogen functional groups attached to an aromatic ring is 1. The first-order valence-electron chi connectivity index (χ1n) is 4.88. The Kier molecular flexibility index (Phi) is 2.03. The zero-order valence-corrected chi connectivity index (χ0v) is 9.03. The highest BCUT2D eigenvalue weighted by molar-refractivity contribution is 5.87. The number of rotatable bonds is 1.